The molecule has 2 bridgehead atoms. The lowest BCUT2D eigenvalue weighted by Gasteiger charge is -2.48. The largest absolute Gasteiger partial charge is 0.467 e. The van der Waals surface area contributed by atoms with E-state index >= 15 is 0 Å². The summed E-state index contributed by atoms with van der Waals surface area (Å²) < 4.78 is 4.63. The minimum atomic E-state index is -1.23. The molecule has 4 heteroatoms. The second-order valence-corrected chi connectivity index (χ2v) is 3.97. The van der Waals surface area contributed by atoms with E-state index in [-0.39, 0.29) is 5.92 Å². The molecule has 3 aliphatic heterocycles. The van der Waals surface area contributed by atoms with E-state index in [1.807, 2.05) is 0 Å². The molecule has 0 aromatic rings. The normalized spacial score (nSPS) is 43.2. The topological polar surface area (TPSA) is 49.8 Å². The van der Waals surface area contributed by atoms with Crippen LogP contribution in [0.5, 0.6) is 0 Å². The molecule has 0 unspecified atom stereocenters. The van der Waals surface area contributed by atoms with Crippen molar-refractivity contribution in [2.45, 2.75) is 18.4 Å². The summed E-state index contributed by atoms with van der Waals surface area (Å²) in [4.78, 5) is 13.5. The van der Waals surface area contributed by atoms with Crippen LogP contribution in [0.3, 0.4) is 0 Å². The highest BCUT2D eigenvalue weighted by atomic mass is 16.5. The number of carbonyl (C=O) groups is 1. The number of rotatable bonds is 1. The summed E-state index contributed by atoms with van der Waals surface area (Å²) in [7, 11) is 1.33. The summed E-state index contributed by atoms with van der Waals surface area (Å²) in [6.07, 6.45) is 1.82. The fourth-order valence-corrected chi connectivity index (χ4v) is 2.45. The van der Waals surface area contributed by atoms with Crippen LogP contribution in [-0.2, 0) is 9.53 Å². The van der Waals surface area contributed by atoms with Crippen LogP contribution < -0.4 is 0 Å². The van der Waals surface area contributed by atoms with Gasteiger partial charge in [0.15, 0.2) is 5.60 Å². The van der Waals surface area contributed by atoms with E-state index in [0.717, 1.165) is 25.9 Å². The Labute approximate surface area is 77.5 Å². The monoisotopic (exact) mass is 185 g/mol. The smallest absolute Gasteiger partial charge is 0.339 e. The van der Waals surface area contributed by atoms with Gasteiger partial charge in [0.2, 0.25) is 0 Å². The lowest BCUT2D eigenvalue weighted by Crippen LogP contribution is -2.63. The zero-order chi connectivity index (χ0) is 9.47. The predicted octanol–water partition coefficient (Wildman–Crippen LogP) is -0.384. The number of ether oxygens (including phenoxy) is 1. The summed E-state index contributed by atoms with van der Waals surface area (Å²) in [5.41, 5.74) is -1.23. The molecule has 3 rings (SSSR count). The quantitative estimate of drug-likeness (QED) is 0.566. The molecule has 0 radical (unpaired) electrons. The number of esters is 1. The van der Waals surface area contributed by atoms with E-state index in [2.05, 4.69) is 9.64 Å². The van der Waals surface area contributed by atoms with E-state index in [9.17, 15) is 9.90 Å². The fourth-order valence-electron chi connectivity index (χ4n) is 2.45. The van der Waals surface area contributed by atoms with Gasteiger partial charge in [0, 0.05) is 12.5 Å². The minimum absolute atomic E-state index is 0.102. The van der Waals surface area contributed by atoms with Crippen molar-refractivity contribution in [2.24, 2.45) is 5.92 Å². The molecule has 4 nitrogen and oxygen atoms in total. The van der Waals surface area contributed by atoms with Crippen molar-refractivity contribution in [3.8, 4) is 0 Å². The summed E-state index contributed by atoms with van der Waals surface area (Å²) in [5.74, 6) is -0.369. The number of methoxy groups -OCH3 is 1. The van der Waals surface area contributed by atoms with Crippen LogP contribution in [0, 0.1) is 5.92 Å². The summed E-state index contributed by atoms with van der Waals surface area (Å²) in [6.45, 7) is 2.46. The zero-order valence-corrected chi connectivity index (χ0v) is 7.82. The molecule has 3 fully saturated rings. The lowest BCUT2D eigenvalue weighted by atomic mass is 9.75. The lowest BCUT2D eigenvalue weighted by molar-refractivity contribution is -0.183. The van der Waals surface area contributed by atoms with Crippen molar-refractivity contribution >= 4 is 5.97 Å². The summed E-state index contributed by atoms with van der Waals surface area (Å²) in [6, 6.07) is 0. The Morgan fingerprint density at radius 3 is 2.54 bits per heavy atom. The molecule has 0 aromatic heterocycles. The first-order valence-corrected chi connectivity index (χ1v) is 4.70. The van der Waals surface area contributed by atoms with Crippen molar-refractivity contribution in [3.05, 3.63) is 0 Å². The van der Waals surface area contributed by atoms with E-state index in [1.165, 1.54) is 7.11 Å². The Kier molecular flexibility index (Phi) is 2.04. The molecule has 3 heterocycles. The molecule has 1 atom stereocenters. The predicted molar refractivity (Wildman–Crippen MR) is 46.1 cm³/mol. The Bertz CT molecular complexity index is 223. The van der Waals surface area contributed by atoms with Gasteiger partial charge in [0.25, 0.3) is 0 Å². The van der Waals surface area contributed by atoms with Crippen LogP contribution in [0.4, 0.5) is 0 Å². The number of hydrogen-bond donors (Lipinski definition) is 1. The van der Waals surface area contributed by atoms with Gasteiger partial charge in [-0.1, -0.05) is 0 Å². The second-order valence-electron chi connectivity index (χ2n) is 3.97. The maximum Gasteiger partial charge on any atom is 0.339 e. The molecule has 3 saturated heterocycles. The Balaban J connectivity index is 2.18. The highest BCUT2D eigenvalue weighted by Crippen LogP contribution is 2.36. The molecule has 0 aliphatic carbocycles. The van der Waals surface area contributed by atoms with Crippen molar-refractivity contribution in [2.75, 3.05) is 26.7 Å². The van der Waals surface area contributed by atoms with Crippen LogP contribution in [0.25, 0.3) is 0 Å². The fraction of sp³-hybridized carbons (Fsp3) is 0.889. The van der Waals surface area contributed by atoms with Crippen molar-refractivity contribution < 1.29 is 14.6 Å². The van der Waals surface area contributed by atoms with Crippen molar-refractivity contribution in [1.82, 2.24) is 4.90 Å². The van der Waals surface area contributed by atoms with Gasteiger partial charge in [-0.3, -0.25) is 4.90 Å². The van der Waals surface area contributed by atoms with E-state index in [1.54, 1.807) is 0 Å². The number of hydrogen-bond acceptors (Lipinski definition) is 4. The molecular weight excluding hydrogens is 170 g/mol. The molecule has 13 heavy (non-hydrogen) atoms. The van der Waals surface area contributed by atoms with E-state index in [0.29, 0.717) is 6.54 Å². The maximum atomic E-state index is 11.4. The van der Waals surface area contributed by atoms with Gasteiger partial charge in [0.05, 0.1) is 7.11 Å². The average Bonchev–Trinajstić information content (AvgIpc) is 2.18. The molecule has 0 amide bonds. The minimum Gasteiger partial charge on any atom is -0.467 e. The standard InChI is InChI=1S/C9H15NO3/c1-13-8(11)9(12)6-10-4-2-7(9)3-5-10/h7,12H,2-6H2,1H3/t9-/m0/s1. The van der Waals surface area contributed by atoms with Crippen LogP contribution in [0.15, 0.2) is 0 Å². The van der Waals surface area contributed by atoms with E-state index in [4.69, 9.17) is 0 Å². The first-order valence-electron chi connectivity index (χ1n) is 4.70. The molecule has 0 aromatic carbocycles. The second kappa shape index (κ2) is 2.96. The van der Waals surface area contributed by atoms with E-state index < -0.39 is 11.6 Å². The molecule has 0 saturated carbocycles. The third-order valence-corrected chi connectivity index (χ3v) is 3.27. The third-order valence-electron chi connectivity index (χ3n) is 3.27. The third kappa shape index (κ3) is 1.25. The van der Waals surface area contributed by atoms with Gasteiger partial charge >= 0.3 is 5.97 Å². The molecule has 1 N–H and O–H groups in total. The van der Waals surface area contributed by atoms with Crippen LogP contribution >= 0.6 is 0 Å². The summed E-state index contributed by atoms with van der Waals surface area (Å²) in [5, 5.41) is 10.1. The average molecular weight is 185 g/mol. The maximum absolute atomic E-state index is 11.4. The molecule has 74 valence electrons. The van der Waals surface area contributed by atoms with Crippen LogP contribution in [0.1, 0.15) is 12.8 Å². The molecule has 0 spiro atoms. The van der Waals surface area contributed by atoms with Crippen LogP contribution in [-0.4, -0.2) is 48.3 Å². The van der Waals surface area contributed by atoms with Gasteiger partial charge in [-0.05, 0) is 25.9 Å². The Morgan fingerprint density at radius 1 is 1.54 bits per heavy atom. The number of fused-ring (bicyclic) bond motifs is 3. The molecule has 3 aliphatic rings. The van der Waals surface area contributed by atoms with Crippen molar-refractivity contribution in [3.63, 3.8) is 0 Å². The zero-order valence-electron chi connectivity index (χ0n) is 7.82. The number of nitrogens with zero attached hydrogens (tertiary/aromatic N) is 1. The van der Waals surface area contributed by atoms with Crippen molar-refractivity contribution in [1.29, 1.82) is 0 Å². The Hall–Kier alpha value is -0.610. The number of aliphatic hydroxyl groups is 1. The van der Waals surface area contributed by atoms with Gasteiger partial charge in [0.1, 0.15) is 0 Å². The summed E-state index contributed by atoms with van der Waals surface area (Å²) >= 11 is 0. The molecular formula is C9H15NO3. The highest BCUT2D eigenvalue weighted by molar-refractivity contribution is 5.80. The van der Waals surface area contributed by atoms with Gasteiger partial charge in [-0.15, -0.1) is 0 Å². The Morgan fingerprint density at radius 2 is 2.15 bits per heavy atom. The highest BCUT2D eigenvalue weighted by Gasteiger charge is 2.51. The first-order chi connectivity index (χ1) is 6.16. The van der Waals surface area contributed by atoms with Gasteiger partial charge in [-0.25, -0.2) is 4.79 Å². The van der Waals surface area contributed by atoms with Crippen LogP contribution in [0.2, 0.25) is 0 Å². The number of piperidine rings is 3. The first kappa shape index (κ1) is 8.97. The van der Waals surface area contributed by atoms with Gasteiger partial charge < -0.3 is 9.84 Å². The number of carbonyl (C=O) groups excluding carboxylic acids is 1. The SMILES string of the molecule is COC(=O)[C@]1(O)CN2CCC1CC2. The van der Waals surface area contributed by atoms with Gasteiger partial charge in [-0.2, -0.15) is 0 Å².